The van der Waals surface area contributed by atoms with Gasteiger partial charge in [0, 0.05) is 6.07 Å². The molecule has 2 rings (SSSR count). The van der Waals surface area contributed by atoms with E-state index in [1.54, 1.807) is 18.3 Å². The Hall–Kier alpha value is -1.58. The van der Waals surface area contributed by atoms with E-state index in [0.717, 1.165) is 0 Å². The first-order valence-corrected chi connectivity index (χ1v) is 2.85. The minimum absolute atomic E-state index is 0.324. The minimum atomic E-state index is -0.324. The third kappa shape index (κ3) is 0.556. The summed E-state index contributed by atoms with van der Waals surface area (Å²) in [6.07, 6.45) is 1.64. The molecule has 0 fully saturated rings. The van der Waals surface area contributed by atoms with E-state index >= 15 is 0 Å². The largest absolute Gasteiger partial charge is 0.518 e. The smallest absolute Gasteiger partial charge is 0.205 e. The van der Waals surface area contributed by atoms with Crippen molar-refractivity contribution < 1.29 is 9.36 Å². The molecular formula is C6H4N3O+. The first kappa shape index (κ1) is 5.22. The fourth-order valence-corrected chi connectivity index (χ4v) is 0.819. The van der Waals surface area contributed by atoms with Gasteiger partial charge in [0.15, 0.2) is 0 Å². The molecule has 1 aromatic rings. The van der Waals surface area contributed by atoms with E-state index in [2.05, 4.69) is 10.2 Å². The molecule has 0 saturated heterocycles. The molecule has 0 aromatic carbocycles. The first-order valence-electron chi connectivity index (χ1n) is 2.85. The topological polar surface area (TPSA) is 45.7 Å². The molecule has 0 N–H and O–H groups in total. The quantitative estimate of drug-likeness (QED) is 0.489. The van der Waals surface area contributed by atoms with Crippen molar-refractivity contribution in [3.05, 3.63) is 24.4 Å². The van der Waals surface area contributed by atoms with E-state index in [9.17, 15) is 4.79 Å². The van der Waals surface area contributed by atoms with E-state index in [1.807, 2.05) is 6.07 Å². The number of hydrogen-bond donors (Lipinski definition) is 0. The molecule has 1 aromatic heterocycles. The number of aromatic nitrogens is 1. The van der Waals surface area contributed by atoms with Gasteiger partial charge in [0.25, 0.3) is 0 Å². The molecule has 1 aliphatic rings. The van der Waals surface area contributed by atoms with Gasteiger partial charge in [-0.3, -0.25) is 0 Å². The molecule has 2 heterocycles. The molecule has 1 amide bonds. The summed E-state index contributed by atoms with van der Waals surface area (Å²) in [5.74, 6) is 0.590. The lowest BCUT2D eigenvalue weighted by Crippen LogP contribution is -2.36. The molecule has 4 nitrogen and oxygen atoms in total. The summed E-state index contributed by atoms with van der Waals surface area (Å²) in [5, 5.41) is 6.97. The highest BCUT2D eigenvalue weighted by Crippen LogP contribution is 2.09. The Kier molecular flexibility index (Phi) is 0.887. The number of pyridine rings is 1. The van der Waals surface area contributed by atoms with Crippen molar-refractivity contribution in [1.82, 2.24) is 0 Å². The van der Waals surface area contributed by atoms with Crippen molar-refractivity contribution >= 4 is 11.8 Å². The monoisotopic (exact) mass is 134 g/mol. The number of azo groups is 1. The number of carbonyl (C=O) groups is 1. The van der Waals surface area contributed by atoms with Gasteiger partial charge in [0.05, 0.1) is 11.3 Å². The molecule has 0 aliphatic carbocycles. The third-order valence-corrected chi connectivity index (χ3v) is 1.28. The van der Waals surface area contributed by atoms with E-state index < -0.39 is 0 Å². The van der Waals surface area contributed by atoms with Gasteiger partial charge in [-0.1, -0.05) is 6.07 Å². The van der Waals surface area contributed by atoms with Gasteiger partial charge in [0.1, 0.15) is 5.11 Å². The zero-order valence-electron chi connectivity index (χ0n) is 5.06. The summed E-state index contributed by atoms with van der Waals surface area (Å²) in [6.45, 7) is 0. The van der Waals surface area contributed by atoms with Crippen molar-refractivity contribution in [3.8, 4) is 0 Å². The first-order chi connectivity index (χ1) is 4.88. The number of nitrogens with zero attached hydrogens (tertiary/aromatic N) is 3. The van der Waals surface area contributed by atoms with Crippen LogP contribution >= 0.6 is 0 Å². The zero-order chi connectivity index (χ0) is 6.97. The van der Waals surface area contributed by atoms with Crippen LogP contribution in [0.2, 0.25) is 0 Å². The van der Waals surface area contributed by atoms with Gasteiger partial charge < -0.3 is 0 Å². The summed E-state index contributed by atoms with van der Waals surface area (Å²) in [7, 11) is 0. The van der Waals surface area contributed by atoms with Crippen LogP contribution in [0.3, 0.4) is 0 Å². The van der Waals surface area contributed by atoms with E-state index in [-0.39, 0.29) is 6.03 Å². The summed E-state index contributed by atoms with van der Waals surface area (Å²) in [4.78, 5) is 10.8. The van der Waals surface area contributed by atoms with Gasteiger partial charge in [-0.15, -0.1) is 0 Å². The van der Waals surface area contributed by atoms with E-state index in [0.29, 0.717) is 5.82 Å². The highest BCUT2D eigenvalue weighted by atomic mass is 16.2. The fourth-order valence-electron chi connectivity index (χ4n) is 0.819. The zero-order valence-corrected chi connectivity index (χ0v) is 5.06. The molecule has 0 unspecified atom stereocenters. The van der Waals surface area contributed by atoms with Crippen molar-refractivity contribution in [3.63, 3.8) is 0 Å². The lowest BCUT2D eigenvalue weighted by Gasteiger charge is -1.84. The second-order valence-corrected chi connectivity index (χ2v) is 1.91. The van der Waals surface area contributed by atoms with E-state index in [1.165, 1.54) is 4.57 Å². The Morgan fingerprint density at radius 3 is 3.00 bits per heavy atom. The Morgan fingerprint density at radius 2 is 2.20 bits per heavy atom. The Bertz CT molecular complexity index is 319. The second-order valence-electron chi connectivity index (χ2n) is 1.91. The van der Waals surface area contributed by atoms with Crippen molar-refractivity contribution in [2.45, 2.75) is 0 Å². The lowest BCUT2D eigenvalue weighted by atomic mass is 10.4. The Labute approximate surface area is 56.8 Å². The number of carbonyl (C=O) groups excluding carboxylic acids is 1. The molecule has 0 saturated carbocycles. The predicted molar refractivity (Wildman–Crippen MR) is 31.9 cm³/mol. The summed E-state index contributed by atoms with van der Waals surface area (Å²) < 4.78 is 1.39. The van der Waals surface area contributed by atoms with Gasteiger partial charge in [-0.25, -0.2) is 4.79 Å². The highest BCUT2D eigenvalue weighted by Gasteiger charge is 2.24. The SMILES string of the molecule is O=C1N=Nc2cccc[n+]21. The van der Waals surface area contributed by atoms with Gasteiger partial charge >= 0.3 is 11.8 Å². The molecule has 10 heavy (non-hydrogen) atoms. The van der Waals surface area contributed by atoms with Crippen LogP contribution in [-0.4, -0.2) is 6.03 Å². The van der Waals surface area contributed by atoms with Gasteiger partial charge in [-0.05, 0) is 6.07 Å². The van der Waals surface area contributed by atoms with Crippen LogP contribution in [0.5, 0.6) is 0 Å². The molecule has 4 heteroatoms. The molecule has 0 atom stereocenters. The normalized spacial score (nSPS) is 13.8. The predicted octanol–water partition coefficient (Wildman–Crippen LogP) is 1.04. The van der Waals surface area contributed by atoms with Crippen molar-refractivity contribution in [2.75, 3.05) is 0 Å². The van der Waals surface area contributed by atoms with Crippen LogP contribution in [0.4, 0.5) is 10.6 Å². The highest BCUT2D eigenvalue weighted by molar-refractivity contribution is 5.68. The van der Waals surface area contributed by atoms with Crippen LogP contribution in [0, 0.1) is 0 Å². The number of hydrogen-bond acceptors (Lipinski definition) is 2. The summed E-state index contributed by atoms with van der Waals surface area (Å²) >= 11 is 0. The maximum atomic E-state index is 10.8. The average molecular weight is 134 g/mol. The van der Waals surface area contributed by atoms with E-state index in [4.69, 9.17) is 0 Å². The Balaban J connectivity index is 2.70. The molecule has 48 valence electrons. The average Bonchev–Trinajstić information content (AvgIpc) is 2.34. The van der Waals surface area contributed by atoms with Gasteiger partial charge in [0.2, 0.25) is 0 Å². The second kappa shape index (κ2) is 1.70. The number of fused-ring (bicyclic) bond motifs is 1. The summed E-state index contributed by atoms with van der Waals surface area (Å²) in [6, 6.07) is 4.98. The standard InChI is InChI=1S/C6H4N3O/c10-6-8-7-5-3-1-2-4-9(5)6/h1-4H/q+1. The Morgan fingerprint density at radius 1 is 1.30 bits per heavy atom. The maximum absolute atomic E-state index is 10.8. The third-order valence-electron chi connectivity index (χ3n) is 1.28. The van der Waals surface area contributed by atoms with Crippen LogP contribution < -0.4 is 4.57 Å². The molecule has 0 bridgehead atoms. The molecule has 0 radical (unpaired) electrons. The summed E-state index contributed by atoms with van der Waals surface area (Å²) in [5.41, 5.74) is 0. The molecule has 0 spiro atoms. The lowest BCUT2D eigenvalue weighted by molar-refractivity contribution is -0.550. The van der Waals surface area contributed by atoms with Crippen LogP contribution in [0.15, 0.2) is 34.6 Å². The van der Waals surface area contributed by atoms with Crippen LogP contribution in [-0.2, 0) is 0 Å². The minimum Gasteiger partial charge on any atom is -0.205 e. The maximum Gasteiger partial charge on any atom is 0.518 e. The fraction of sp³-hybridized carbons (Fsp3) is 0. The van der Waals surface area contributed by atoms with Crippen LogP contribution in [0.1, 0.15) is 0 Å². The van der Waals surface area contributed by atoms with Gasteiger partial charge in [-0.2, -0.15) is 4.57 Å². The van der Waals surface area contributed by atoms with Crippen LogP contribution in [0.25, 0.3) is 0 Å². The molecular weight excluding hydrogens is 130 g/mol. The van der Waals surface area contributed by atoms with Crippen molar-refractivity contribution in [2.24, 2.45) is 10.2 Å². The van der Waals surface area contributed by atoms with Crippen molar-refractivity contribution in [1.29, 1.82) is 0 Å². The molecule has 1 aliphatic heterocycles. The number of amides is 1. The number of rotatable bonds is 0.